The van der Waals surface area contributed by atoms with E-state index in [1.807, 2.05) is 0 Å². The molecule has 0 atom stereocenters. The normalized spacial score (nSPS) is 17.9. The zero-order valence-electron chi connectivity index (χ0n) is 8.62. The maximum atomic E-state index is 11.0. The van der Waals surface area contributed by atoms with Crippen LogP contribution in [0.5, 0.6) is 0 Å². The zero-order valence-corrected chi connectivity index (χ0v) is 8.62. The van der Waals surface area contributed by atoms with Crippen molar-refractivity contribution in [3.8, 4) is 0 Å². The Morgan fingerprint density at radius 3 is 2.87 bits per heavy atom. The smallest absolute Gasteiger partial charge is 0.287 e. The van der Waals surface area contributed by atoms with Gasteiger partial charge in [0.2, 0.25) is 0 Å². The number of anilines is 1. The highest BCUT2D eigenvalue weighted by Crippen LogP contribution is 2.16. The molecule has 82 valence electrons. The number of nitrogens with two attached hydrogens (primary N) is 1. The summed E-state index contributed by atoms with van der Waals surface area (Å²) < 4.78 is 0. The van der Waals surface area contributed by atoms with Gasteiger partial charge in [-0.3, -0.25) is 4.79 Å². The van der Waals surface area contributed by atoms with E-state index in [1.165, 1.54) is 12.8 Å². The van der Waals surface area contributed by atoms with Gasteiger partial charge in [0.1, 0.15) is 5.69 Å². The van der Waals surface area contributed by atoms with E-state index in [4.69, 9.17) is 5.73 Å². The summed E-state index contributed by atoms with van der Waals surface area (Å²) in [6.07, 6.45) is 3.24. The molecule has 1 aromatic rings. The lowest BCUT2D eigenvalue weighted by atomic mass is 9.93. The molecule has 0 spiro atoms. The summed E-state index contributed by atoms with van der Waals surface area (Å²) in [5.41, 5.74) is 6.37. The predicted octanol–water partition coefficient (Wildman–Crippen LogP) is -0.106. The van der Waals surface area contributed by atoms with Crippen LogP contribution in [0.25, 0.3) is 0 Å². The maximum Gasteiger partial charge on any atom is 0.287 e. The summed E-state index contributed by atoms with van der Waals surface area (Å²) in [6.45, 7) is 2.15. The molecule has 0 aliphatic carbocycles. The third-order valence-electron chi connectivity index (χ3n) is 2.84. The fourth-order valence-corrected chi connectivity index (χ4v) is 1.95. The molecule has 15 heavy (non-hydrogen) atoms. The Hall–Kier alpha value is -1.36. The van der Waals surface area contributed by atoms with E-state index in [1.54, 1.807) is 6.07 Å². The van der Waals surface area contributed by atoms with Crippen molar-refractivity contribution in [2.24, 2.45) is 5.92 Å². The minimum atomic E-state index is -0.302. The summed E-state index contributed by atoms with van der Waals surface area (Å²) in [5.74, 6) is 0.657. The van der Waals surface area contributed by atoms with Gasteiger partial charge in [0.25, 0.3) is 5.56 Å². The van der Waals surface area contributed by atoms with Crippen molar-refractivity contribution in [3.63, 3.8) is 0 Å². The highest BCUT2D eigenvalue weighted by atomic mass is 16.1. The van der Waals surface area contributed by atoms with E-state index < -0.39 is 0 Å². The number of aromatic amines is 1. The summed E-state index contributed by atoms with van der Waals surface area (Å²) in [4.78, 5) is 11.0. The highest BCUT2D eigenvalue weighted by Gasteiger charge is 2.14. The molecule has 1 aliphatic heterocycles. The summed E-state index contributed by atoms with van der Waals surface area (Å²) in [7, 11) is 0. The molecule has 5 nitrogen and oxygen atoms in total. The third kappa shape index (κ3) is 2.56. The van der Waals surface area contributed by atoms with Gasteiger partial charge in [-0.15, -0.1) is 0 Å². The first-order valence-electron chi connectivity index (χ1n) is 5.30. The fraction of sp³-hybridized carbons (Fsp3) is 0.600. The van der Waals surface area contributed by atoms with Crippen molar-refractivity contribution in [2.45, 2.75) is 19.3 Å². The molecule has 2 rings (SSSR count). The maximum absolute atomic E-state index is 11.0. The molecule has 1 fully saturated rings. The number of hydrogen-bond donors (Lipinski definition) is 3. The van der Waals surface area contributed by atoms with Gasteiger partial charge in [-0.2, -0.15) is 5.10 Å². The van der Waals surface area contributed by atoms with Crippen molar-refractivity contribution >= 4 is 5.69 Å². The molecule has 4 N–H and O–H groups in total. The number of hydrogen-bond acceptors (Lipinski definition) is 4. The summed E-state index contributed by atoms with van der Waals surface area (Å²) in [6, 6.07) is 1.68. The van der Waals surface area contributed by atoms with Crippen LogP contribution in [-0.4, -0.2) is 23.3 Å². The van der Waals surface area contributed by atoms with E-state index in [0.717, 1.165) is 25.2 Å². The second-order valence-corrected chi connectivity index (χ2v) is 4.04. The number of aromatic nitrogens is 2. The van der Waals surface area contributed by atoms with Crippen LogP contribution in [0.2, 0.25) is 0 Å². The highest BCUT2D eigenvalue weighted by molar-refractivity contribution is 5.34. The number of H-pyrrole nitrogens is 1. The molecule has 0 radical (unpaired) electrons. The number of nitrogens with zero attached hydrogens (tertiary/aromatic N) is 1. The lowest BCUT2D eigenvalue weighted by Crippen LogP contribution is -2.29. The third-order valence-corrected chi connectivity index (χ3v) is 2.84. The minimum Gasteiger partial charge on any atom is -0.394 e. The van der Waals surface area contributed by atoms with Crippen molar-refractivity contribution in [1.29, 1.82) is 0 Å². The molecule has 1 aliphatic rings. The van der Waals surface area contributed by atoms with Crippen LogP contribution in [0.4, 0.5) is 5.69 Å². The lowest BCUT2D eigenvalue weighted by molar-refractivity contribution is 0.369. The van der Waals surface area contributed by atoms with Crippen molar-refractivity contribution < 1.29 is 0 Å². The minimum absolute atomic E-state index is 0.258. The quantitative estimate of drug-likeness (QED) is 0.633. The lowest BCUT2D eigenvalue weighted by Gasteiger charge is -2.21. The van der Waals surface area contributed by atoms with Crippen LogP contribution < -0.4 is 16.6 Å². The molecule has 0 unspecified atom stereocenters. The molecular weight excluding hydrogens is 192 g/mol. The number of nitrogen functional groups attached to an aromatic ring is 1. The van der Waals surface area contributed by atoms with Crippen molar-refractivity contribution in [2.75, 3.05) is 18.8 Å². The Balaban J connectivity index is 2.03. The molecule has 5 heteroatoms. The molecule has 0 aromatic carbocycles. The van der Waals surface area contributed by atoms with E-state index in [-0.39, 0.29) is 11.2 Å². The van der Waals surface area contributed by atoms with Crippen LogP contribution in [0.3, 0.4) is 0 Å². The Morgan fingerprint density at radius 2 is 2.20 bits per heavy atom. The summed E-state index contributed by atoms with van der Waals surface area (Å²) in [5, 5.41) is 9.72. The standard InChI is InChI=1S/C10H16N4O/c11-9-6-8(13-14-10(9)15)5-7-1-3-12-4-2-7/h6-7,12H,1-5H2,(H2,11,13)(H,14,15). The van der Waals surface area contributed by atoms with Gasteiger partial charge < -0.3 is 11.1 Å². The first kappa shape index (κ1) is 10.2. The second kappa shape index (κ2) is 4.44. The van der Waals surface area contributed by atoms with Gasteiger partial charge in [0.05, 0.1) is 5.69 Å². The van der Waals surface area contributed by atoms with E-state index in [9.17, 15) is 4.79 Å². The Labute approximate surface area is 88.1 Å². The molecule has 0 saturated carbocycles. The van der Waals surface area contributed by atoms with Crippen LogP contribution in [0.1, 0.15) is 18.5 Å². The average Bonchev–Trinajstić information content (AvgIpc) is 2.25. The summed E-state index contributed by atoms with van der Waals surface area (Å²) >= 11 is 0. The van der Waals surface area contributed by atoms with Gasteiger partial charge in [0.15, 0.2) is 0 Å². The van der Waals surface area contributed by atoms with Crippen molar-refractivity contribution in [1.82, 2.24) is 15.5 Å². The first-order chi connectivity index (χ1) is 7.25. The molecule has 2 heterocycles. The van der Waals surface area contributed by atoms with Gasteiger partial charge >= 0.3 is 0 Å². The zero-order chi connectivity index (χ0) is 10.7. The van der Waals surface area contributed by atoms with Crippen LogP contribution in [0.15, 0.2) is 10.9 Å². The van der Waals surface area contributed by atoms with Gasteiger partial charge in [-0.05, 0) is 44.3 Å². The fourth-order valence-electron chi connectivity index (χ4n) is 1.95. The molecule has 1 aromatic heterocycles. The largest absolute Gasteiger partial charge is 0.394 e. The average molecular weight is 208 g/mol. The van der Waals surface area contributed by atoms with Gasteiger partial charge in [-0.25, -0.2) is 5.10 Å². The Bertz CT molecular complexity index is 381. The molecular formula is C10H16N4O. The van der Waals surface area contributed by atoms with Crippen LogP contribution in [0, 0.1) is 5.92 Å². The van der Waals surface area contributed by atoms with E-state index in [0.29, 0.717) is 5.92 Å². The van der Waals surface area contributed by atoms with E-state index in [2.05, 4.69) is 15.5 Å². The molecule has 1 saturated heterocycles. The molecule has 0 bridgehead atoms. The number of rotatable bonds is 2. The van der Waals surface area contributed by atoms with Crippen LogP contribution in [-0.2, 0) is 6.42 Å². The predicted molar refractivity (Wildman–Crippen MR) is 58.6 cm³/mol. The van der Waals surface area contributed by atoms with E-state index >= 15 is 0 Å². The van der Waals surface area contributed by atoms with Gasteiger partial charge in [-0.1, -0.05) is 0 Å². The molecule has 0 amide bonds. The Morgan fingerprint density at radius 1 is 1.47 bits per heavy atom. The topological polar surface area (TPSA) is 83.8 Å². The Kier molecular flexibility index (Phi) is 3.01. The van der Waals surface area contributed by atoms with Gasteiger partial charge in [0, 0.05) is 0 Å². The van der Waals surface area contributed by atoms with Crippen molar-refractivity contribution in [3.05, 3.63) is 22.1 Å². The second-order valence-electron chi connectivity index (χ2n) is 4.04. The first-order valence-corrected chi connectivity index (χ1v) is 5.30. The SMILES string of the molecule is Nc1cc(CC2CCNCC2)n[nH]c1=O. The number of piperidine rings is 1. The monoisotopic (exact) mass is 208 g/mol. The van der Waals surface area contributed by atoms with Crippen LogP contribution >= 0.6 is 0 Å². The number of nitrogens with one attached hydrogen (secondary N) is 2.